The Morgan fingerprint density at radius 2 is 1.58 bits per heavy atom. The summed E-state index contributed by atoms with van der Waals surface area (Å²) in [6.07, 6.45) is 1.81. The Kier molecular flexibility index (Phi) is 4.22. The van der Waals surface area contributed by atoms with E-state index in [9.17, 15) is 0 Å². The number of allylic oxidation sites excluding steroid dienone is 1. The highest BCUT2D eigenvalue weighted by atomic mass is 14.7. The van der Waals surface area contributed by atoms with Crippen molar-refractivity contribution in [3.05, 3.63) is 83.4 Å². The minimum atomic E-state index is 0.809. The van der Waals surface area contributed by atoms with Crippen LogP contribution in [0.25, 0.3) is 10.8 Å². The first kappa shape index (κ1) is 16.0. The van der Waals surface area contributed by atoms with Gasteiger partial charge in [0.2, 0.25) is 0 Å². The molecule has 0 aliphatic carbocycles. The number of anilines is 1. The van der Waals surface area contributed by atoms with Gasteiger partial charge in [-0.15, -0.1) is 0 Å². The number of hydrogen-bond acceptors (Lipinski definition) is 2. The summed E-state index contributed by atoms with van der Waals surface area (Å²) in [6, 6.07) is 16.6. The smallest absolute Gasteiger partial charge is 0.0706 e. The van der Waals surface area contributed by atoms with E-state index in [-0.39, 0.29) is 0 Å². The first-order valence-electron chi connectivity index (χ1n) is 8.07. The number of nitrogens with two attached hydrogens (primary N) is 1. The second-order valence-corrected chi connectivity index (χ2v) is 6.21. The van der Waals surface area contributed by atoms with Gasteiger partial charge < -0.3 is 5.73 Å². The van der Waals surface area contributed by atoms with E-state index in [1.807, 2.05) is 31.2 Å². The Morgan fingerprint density at radius 3 is 2.29 bits per heavy atom. The molecule has 2 heteroatoms. The summed E-state index contributed by atoms with van der Waals surface area (Å²) in [4.78, 5) is 4.87. The van der Waals surface area contributed by atoms with Gasteiger partial charge in [0, 0.05) is 11.3 Å². The zero-order valence-electron chi connectivity index (χ0n) is 14.4. The van der Waals surface area contributed by atoms with Crippen molar-refractivity contribution in [2.75, 3.05) is 5.73 Å². The van der Waals surface area contributed by atoms with Gasteiger partial charge in [-0.3, -0.25) is 0 Å². The molecule has 24 heavy (non-hydrogen) atoms. The summed E-state index contributed by atoms with van der Waals surface area (Å²) >= 11 is 0. The third kappa shape index (κ3) is 2.95. The molecule has 3 rings (SSSR count). The second-order valence-electron chi connectivity index (χ2n) is 6.21. The third-order valence-corrected chi connectivity index (χ3v) is 4.40. The van der Waals surface area contributed by atoms with Gasteiger partial charge in [-0.2, -0.15) is 0 Å². The Morgan fingerprint density at radius 1 is 0.917 bits per heavy atom. The van der Waals surface area contributed by atoms with Crippen molar-refractivity contribution >= 4 is 27.9 Å². The highest BCUT2D eigenvalue weighted by molar-refractivity contribution is 6.10. The molecule has 0 aliphatic rings. The summed E-state index contributed by atoms with van der Waals surface area (Å²) in [5.41, 5.74) is 13.2. The zero-order valence-corrected chi connectivity index (χ0v) is 14.4. The van der Waals surface area contributed by atoms with Gasteiger partial charge in [-0.25, -0.2) is 4.99 Å². The van der Waals surface area contributed by atoms with E-state index >= 15 is 0 Å². The van der Waals surface area contributed by atoms with E-state index < -0.39 is 0 Å². The average Bonchev–Trinajstić information content (AvgIpc) is 2.55. The van der Waals surface area contributed by atoms with Gasteiger partial charge in [-0.1, -0.05) is 30.8 Å². The number of nitrogen functional groups attached to an aromatic ring is 1. The fraction of sp³-hybridized carbons (Fsp3) is 0.136. The Labute approximate surface area is 143 Å². The zero-order chi connectivity index (χ0) is 17.3. The molecule has 3 aromatic carbocycles. The van der Waals surface area contributed by atoms with Crippen LogP contribution >= 0.6 is 0 Å². The number of aliphatic imine (C=N–C) groups is 1. The van der Waals surface area contributed by atoms with E-state index in [0.717, 1.165) is 39.2 Å². The van der Waals surface area contributed by atoms with Crippen LogP contribution in [-0.2, 0) is 0 Å². The van der Waals surface area contributed by atoms with Crippen molar-refractivity contribution in [3.63, 3.8) is 0 Å². The maximum atomic E-state index is 6.06. The molecular weight excluding hydrogens is 292 g/mol. The molecule has 0 heterocycles. The summed E-state index contributed by atoms with van der Waals surface area (Å²) in [6.45, 7) is 10.1. The van der Waals surface area contributed by atoms with Gasteiger partial charge in [-0.05, 0) is 78.6 Å². The van der Waals surface area contributed by atoms with Crippen LogP contribution in [0.1, 0.15) is 22.3 Å². The predicted octanol–water partition coefficient (Wildman–Crippen LogP) is 5.65. The largest absolute Gasteiger partial charge is 0.398 e. The molecule has 0 aliphatic heterocycles. The van der Waals surface area contributed by atoms with Crippen LogP contribution in [0.15, 0.2) is 66.2 Å². The van der Waals surface area contributed by atoms with E-state index in [2.05, 4.69) is 50.8 Å². The van der Waals surface area contributed by atoms with Crippen LogP contribution in [0, 0.1) is 20.8 Å². The fourth-order valence-corrected chi connectivity index (χ4v) is 2.91. The molecular formula is C22H22N2. The molecule has 0 fully saturated rings. The number of benzene rings is 3. The van der Waals surface area contributed by atoms with E-state index in [1.54, 1.807) is 0 Å². The number of fused-ring (bicyclic) bond motifs is 1. The van der Waals surface area contributed by atoms with Crippen LogP contribution in [0.5, 0.6) is 0 Å². The van der Waals surface area contributed by atoms with Gasteiger partial charge in [0.05, 0.1) is 11.4 Å². The maximum Gasteiger partial charge on any atom is 0.0706 e. The van der Waals surface area contributed by atoms with Gasteiger partial charge in [0.25, 0.3) is 0 Å². The lowest BCUT2D eigenvalue weighted by molar-refractivity contribution is 1.39. The summed E-state index contributed by atoms with van der Waals surface area (Å²) < 4.78 is 0. The quantitative estimate of drug-likeness (QED) is 0.492. The van der Waals surface area contributed by atoms with Crippen molar-refractivity contribution in [2.24, 2.45) is 4.99 Å². The molecule has 2 nitrogen and oxygen atoms in total. The Bertz CT molecular complexity index is 965. The highest BCUT2D eigenvalue weighted by Gasteiger charge is 2.07. The molecule has 2 N–H and O–H groups in total. The average molecular weight is 314 g/mol. The molecule has 0 unspecified atom stereocenters. The van der Waals surface area contributed by atoms with E-state index in [0.29, 0.717) is 0 Å². The molecule has 3 aromatic rings. The van der Waals surface area contributed by atoms with Crippen molar-refractivity contribution in [1.82, 2.24) is 0 Å². The van der Waals surface area contributed by atoms with Crippen LogP contribution in [-0.4, -0.2) is 5.71 Å². The van der Waals surface area contributed by atoms with Gasteiger partial charge in [0.1, 0.15) is 0 Å². The van der Waals surface area contributed by atoms with Crippen LogP contribution < -0.4 is 5.73 Å². The van der Waals surface area contributed by atoms with Crippen molar-refractivity contribution in [1.29, 1.82) is 0 Å². The SMILES string of the molecule is C=CC(=Nc1cc2cc(N)c(C)cc2cc1C)c1ccccc1C. The summed E-state index contributed by atoms with van der Waals surface area (Å²) in [7, 11) is 0. The summed E-state index contributed by atoms with van der Waals surface area (Å²) in [5.74, 6) is 0. The molecule has 0 atom stereocenters. The Hall–Kier alpha value is -2.87. The van der Waals surface area contributed by atoms with Crippen LogP contribution in [0.4, 0.5) is 11.4 Å². The van der Waals surface area contributed by atoms with Crippen LogP contribution in [0.2, 0.25) is 0 Å². The predicted molar refractivity (Wildman–Crippen MR) is 105 cm³/mol. The molecule has 0 aromatic heterocycles. The normalized spacial score (nSPS) is 11.7. The van der Waals surface area contributed by atoms with E-state index in [4.69, 9.17) is 10.7 Å². The molecule has 0 saturated carbocycles. The number of hydrogen-bond donors (Lipinski definition) is 1. The number of nitrogens with zero attached hydrogens (tertiary/aromatic N) is 1. The Balaban J connectivity index is 2.17. The van der Waals surface area contributed by atoms with Crippen molar-refractivity contribution in [2.45, 2.75) is 20.8 Å². The number of rotatable bonds is 3. The molecule has 0 spiro atoms. The molecule has 0 amide bonds. The maximum absolute atomic E-state index is 6.06. The molecule has 0 bridgehead atoms. The standard InChI is InChI=1S/C22H22N2/c1-5-21(19-9-7-6-8-14(19)2)24-22-13-18-12-20(23)15(3)10-17(18)11-16(22)4/h5-13H,1,23H2,2-4H3. The minimum absolute atomic E-state index is 0.809. The van der Waals surface area contributed by atoms with Gasteiger partial charge in [0.15, 0.2) is 0 Å². The molecule has 0 radical (unpaired) electrons. The molecule has 120 valence electrons. The lowest BCUT2D eigenvalue weighted by Crippen LogP contribution is -1.99. The van der Waals surface area contributed by atoms with Crippen LogP contribution in [0.3, 0.4) is 0 Å². The monoisotopic (exact) mass is 314 g/mol. The lowest BCUT2D eigenvalue weighted by atomic mass is 10.0. The third-order valence-electron chi connectivity index (χ3n) is 4.40. The topological polar surface area (TPSA) is 38.4 Å². The molecule has 0 saturated heterocycles. The second kappa shape index (κ2) is 6.32. The first-order valence-corrected chi connectivity index (χ1v) is 8.07. The van der Waals surface area contributed by atoms with Crippen molar-refractivity contribution < 1.29 is 0 Å². The van der Waals surface area contributed by atoms with E-state index in [1.165, 1.54) is 10.9 Å². The van der Waals surface area contributed by atoms with Crippen molar-refractivity contribution in [3.8, 4) is 0 Å². The number of aryl methyl sites for hydroxylation is 3. The minimum Gasteiger partial charge on any atom is -0.398 e. The first-order chi connectivity index (χ1) is 11.5. The fourth-order valence-electron chi connectivity index (χ4n) is 2.91. The lowest BCUT2D eigenvalue weighted by Gasteiger charge is -2.10. The summed E-state index contributed by atoms with van der Waals surface area (Å²) in [5, 5.41) is 2.30. The highest BCUT2D eigenvalue weighted by Crippen LogP contribution is 2.29. The van der Waals surface area contributed by atoms with Gasteiger partial charge >= 0.3 is 0 Å².